The number of hydrogen-bond donors (Lipinski definition) is 2. The number of nitrogens with one attached hydrogen (secondary N) is 1. The molecule has 5 nitrogen and oxygen atoms in total. The predicted molar refractivity (Wildman–Crippen MR) is 91.0 cm³/mol. The highest BCUT2D eigenvalue weighted by molar-refractivity contribution is 7.99. The number of anilines is 1. The van der Waals surface area contributed by atoms with Crippen LogP contribution < -0.4 is 11.1 Å². The highest BCUT2D eigenvalue weighted by Crippen LogP contribution is 2.17. The van der Waals surface area contributed by atoms with Crippen LogP contribution in [0.5, 0.6) is 0 Å². The summed E-state index contributed by atoms with van der Waals surface area (Å²) < 4.78 is 0. The SMILES string of the molecule is Cc1ccc(CSCC(=O)Nc2nc(CC(N)=O)cs2)cc1. The van der Waals surface area contributed by atoms with Crippen LogP contribution in [0.15, 0.2) is 29.6 Å². The van der Waals surface area contributed by atoms with E-state index in [9.17, 15) is 9.59 Å². The van der Waals surface area contributed by atoms with Gasteiger partial charge in [0.05, 0.1) is 17.9 Å². The van der Waals surface area contributed by atoms with Gasteiger partial charge in [0.25, 0.3) is 0 Å². The highest BCUT2D eigenvalue weighted by Gasteiger charge is 2.08. The number of hydrogen-bond acceptors (Lipinski definition) is 5. The summed E-state index contributed by atoms with van der Waals surface area (Å²) >= 11 is 2.84. The third-order valence-corrected chi connectivity index (χ3v) is 4.59. The van der Waals surface area contributed by atoms with E-state index in [4.69, 9.17) is 5.73 Å². The Hall–Kier alpha value is -1.86. The van der Waals surface area contributed by atoms with Crippen LogP contribution in [0.4, 0.5) is 5.13 Å². The van der Waals surface area contributed by atoms with Gasteiger partial charge in [0.15, 0.2) is 5.13 Å². The van der Waals surface area contributed by atoms with Gasteiger partial charge in [0.1, 0.15) is 0 Å². The molecule has 1 heterocycles. The van der Waals surface area contributed by atoms with Crippen molar-refractivity contribution >= 4 is 40.0 Å². The number of aryl methyl sites for hydroxylation is 1. The number of amides is 2. The molecule has 0 spiro atoms. The summed E-state index contributed by atoms with van der Waals surface area (Å²) in [5.74, 6) is 0.616. The molecule has 116 valence electrons. The number of nitrogens with zero attached hydrogens (tertiary/aromatic N) is 1. The summed E-state index contributed by atoms with van der Waals surface area (Å²) in [7, 11) is 0. The molecule has 2 aromatic rings. The molecule has 2 amide bonds. The zero-order chi connectivity index (χ0) is 15.9. The second kappa shape index (κ2) is 7.95. The quantitative estimate of drug-likeness (QED) is 0.813. The molecule has 3 N–H and O–H groups in total. The van der Waals surface area contributed by atoms with E-state index in [1.54, 1.807) is 17.1 Å². The van der Waals surface area contributed by atoms with E-state index in [-0.39, 0.29) is 12.3 Å². The molecule has 0 atom stereocenters. The Labute approximate surface area is 137 Å². The number of benzene rings is 1. The largest absolute Gasteiger partial charge is 0.369 e. The van der Waals surface area contributed by atoms with Crippen molar-refractivity contribution < 1.29 is 9.59 Å². The van der Waals surface area contributed by atoms with Gasteiger partial charge in [-0.2, -0.15) is 0 Å². The first-order valence-electron chi connectivity index (χ1n) is 6.69. The molecule has 0 aliphatic carbocycles. The molecule has 1 aromatic heterocycles. The van der Waals surface area contributed by atoms with Crippen LogP contribution in [-0.2, 0) is 21.8 Å². The molecule has 22 heavy (non-hydrogen) atoms. The fourth-order valence-electron chi connectivity index (χ4n) is 1.73. The minimum Gasteiger partial charge on any atom is -0.369 e. The number of thiazole rings is 1. The van der Waals surface area contributed by atoms with Crippen LogP contribution in [0.2, 0.25) is 0 Å². The van der Waals surface area contributed by atoms with Crippen molar-refractivity contribution in [2.24, 2.45) is 5.73 Å². The van der Waals surface area contributed by atoms with E-state index in [0.717, 1.165) is 5.75 Å². The van der Waals surface area contributed by atoms with E-state index in [0.29, 0.717) is 16.6 Å². The third-order valence-electron chi connectivity index (χ3n) is 2.78. The maximum atomic E-state index is 11.8. The minimum absolute atomic E-state index is 0.0918. The van der Waals surface area contributed by atoms with E-state index >= 15 is 0 Å². The molecule has 0 radical (unpaired) electrons. The van der Waals surface area contributed by atoms with Crippen molar-refractivity contribution in [3.05, 3.63) is 46.5 Å². The average Bonchev–Trinajstić information content (AvgIpc) is 2.87. The summed E-state index contributed by atoms with van der Waals surface area (Å²) in [6.07, 6.45) is 0.0918. The maximum absolute atomic E-state index is 11.8. The standard InChI is InChI=1S/C15H17N3O2S2/c1-10-2-4-11(5-3-10)7-21-9-14(20)18-15-17-12(8-22-15)6-13(16)19/h2-5,8H,6-7,9H2,1H3,(H2,16,19)(H,17,18,20). The summed E-state index contributed by atoms with van der Waals surface area (Å²) in [4.78, 5) is 26.8. The molecule has 1 aromatic carbocycles. The van der Waals surface area contributed by atoms with Gasteiger partial charge >= 0.3 is 0 Å². The third kappa shape index (κ3) is 5.50. The lowest BCUT2D eigenvalue weighted by atomic mass is 10.2. The number of nitrogens with two attached hydrogens (primary N) is 1. The summed E-state index contributed by atoms with van der Waals surface area (Å²) in [6, 6.07) is 8.26. The first-order valence-corrected chi connectivity index (χ1v) is 8.72. The summed E-state index contributed by atoms with van der Waals surface area (Å²) in [5, 5.41) is 4.95. The Morgan fingerprint density at radius 3 is 2.73 bits per heavy atom. The van der Waals surface area contributed by atoms with Gasteiger partial charge in [-0.15, -0.1) is 23.1 Å². The van der Waals surface area contributed by atoms with Crippen molar-refractivity contribution in [1.29, 1.82) is 0 Å². The van der Waals surface area contributed by atoms with E-state index < -0.39 is 5.91 Å². The van der Waals surface area contributed by atoms with Crippen LogP contribution >= 0.6 is 23.1 Å². The second-order valence-electron chi connectivity index (χ2n) is 4.81. The fourth-order valence-corrected chi connectivity index (χ4v) is 3.24. The van der Waals surface area contributed by atoms with Gasteiger partial charge in [-0.25, -0.2) is 4.98 Å². The van der Waals surface area contributed by atoms with Gasteiger partial charge in [0.2, 0.25) is 11.8 Å². The monoisotopic (exact) mass is 335 g/mol. The Balaban J connectivity index is 1.74. The Bertz CT molecular complexity index is 653. The van der Waals surface area contributed by atoms with Crippen LogP contribution in [-0.4, -0.2) is 22.6 Å². The smallest absolute Gasteiger partial charge is 0.236 e. The van der Waals surface area contributed by atoms with E-state index in [1.165, 1.54) is 22.5 Å². The number of carbonyl (C=O) groups is 2. The Kier molecular flexibility index (Phi) is 5.97. The van der Waals surface area contributed by atoms with Crippen LogP contribution in [0.3, 0.4) is 0 Å². The number of primary amides is 1. The Morgan fingerprint density at radius 1 is 1.32 bits per heavy atom. The van der Waals surface area contributed by atoms with Crippen molar-refractivity contribution in [3.63, 3.8) is 0 Å². The number of rotatable bonds is 7. The summed E-state index contributed by atoms with van der Waals surface area (Å²) in [5.41, 5.74) is 8.10. The average molecular weight is 335 g/mol. The van der Waals surface area contributed by atoms with Crippen molar-refractivity contribution in [1.82, 2.24) is 4.98 Å². The fraction of sp³-hybridized carbons (Fsp3) is 0.267. The molecule has 7 heteroatoms. The molecular weight excluding hydrogens is 318 g/mol. The predicted octanol–water partition coefficient (Wildman–Crippen LogP) is 2.35. The first kappa shape index (κ1) is 16.5. The molecule has 0 fully saturated rings. The highest BCUT2D eigenvalue weighted by atomic mass is 32.2. The minimum atomic E-state index is -0.433. The van der Waals surface area contributed by atoms with Crippen molar-refractivity contribution in [3.8, 4) is 0 Å². The zero-order valence-corrected chi connectivity index (χ0v) is 13.8. The van der Waals surface area contributed by atoms with Crippen molar-refractivity contribution in [2.75, 3.05) is 11.1 Å². The van der Waals surface area contributed by atoms with Crippen molar-refractivity contribution in [2.45, 2.75) is 19.1 Å². The summed E-state index contributed by atoms with van der Waals surface area (Å²) in [6.45, 7) is 2.05. The number of carbonyl (C=O) groups excluding carboxylic acids is 2. The first-order chi connectivity index (χ1) is 10.5. The van der Waals surface area contributed by atoms with Gasteiger partial charge in [-0.05, 0) is 12.5 Å². The number of aromatic nitrogens is 1. The Morgan fingerprint density at radius 2 is 2.05 bits per heavy atom. The van der Waals surface area contributed by atoms with Gasteiger partial charge in [-0.3, -0.25) is 9.59 Å². The normalized spacial score (nSPS) is 10.4. The lowest BCUT2D eigenvalue weighted by molar-refractivity contribution is -0.117. The topological polar surface area (TPSA) is 85.1 Å². The van der Waals surface area contributed by atoms with Gasteiger partial charge in [-0.1, -0.05) is 29.8 Å². The van der Waals surface area contributed by atoms with Crippen LogP contribution in [0.1, 0.15) is 16.8 Å². The molecule has 2 rings (SSSR count). The number of thioether (sulfide) groups is 1. The van der Waals surface area contributed by atoms with Crippen LogP contribution in [0.25, 0.3) is 0 Å². The molecule has 0 saturated carbocycles. The molecule has 0 bridgehead atoms. The van der Waals surface area contributed by atoms with Gasteiger partial charge in [0, 0.05) is 11.1 Å². The molecule has 0 unspecified atom stereocenters. The second-order valence-corrected chi connectivity index (χ2v) is 6.66. The molecular formula is C15H17N3O2S2. The lowest BCUT2D eigenvalue weighted by Gasteiger charge is -2.03. The lowest BCUT2D eigenvalue weighted by Crippen LogP contribution is -2.15. The molecule has 0 aliphatic rings. The zero-order valence-electron chi connectivity index (χ0n) is 12.2. The van der Waals surface area contributed by atoms with Gasteiger partial charge < -0.3 is 11.1 Å². The molecule has 0 aliphatic heterocycles. The maximum Gasteiger partial charge on any atom is 0.236 e. The van der Waals surface area contributed by atoms with E-state index in [1.807, 2.05) is 6.92 Å². The van der Waals surface area contributed by atoms with E-state index in [2.05, 4.69) is 34.6 Å². The molecule has 0 saturated heterocycles. The van der Waals surface area contributed by atoms with Crippen LogP contribution in [0, 0.1) is 6.92 Å².